The summed E-state index contributed by atoms with van der Waals surface area (Å²) in [5, 5.41) is 13.6. The van der Waals surface area contributed by atoms with Gasteiger partial charge in [-0.25, -0.2) is 4.39 Å². The normalized spacial score (nSPS) is 14.3. The fraction of sp³-hybridized carbons (Fsp3) is 0.296. The van der Waals surface area contributed by atoms with Crippen LogP contribution in [0.15, 0.2) is 54.6 Å². The van der Waals surface area contributed by atoms with Crippen molar-refractivity contribution in [3.05, 3.63) is 82.0 Å². The number of halogens is 1. The van der Waals surface area contributed by atoms with Gasteiger partial charge in [-0.05, 0) is 81.2 Å². The van der Waals surface area contributed by atoms with Crippen LogP contribution in [0, 0.1) is 5.82 Å². The fourth-order valence-corrected chi connectivity index (χ4v) is 5.36. The molecule has 0 unspecified atom stereocenters. The minimum absolute atomic E-state index is 0.263. The number of fused-ring (bicyclic) bond motifs is 1. The molecule has 0 radical (unpaired) electrons. The number of carbonyl (C=O) groups is 2. The number of aromatic nitrogens is 2. The smallest absolute Gasteiger partial charge is 0.262 e. The number of benzene rings is 2. The number of hydrogen-bond acceptors (Lipinski definition) is 5. The molecule has 2 amide bonds. The van der Waals surface area contributed by atoms with Gasteiger partial charge in [0.15, 0.2) is 5.82 Å². The molecule has 2 aromatic heterocycles. The molecule has 7 nitrogen and oxygen atoms in total. The first-order chi connectivity index (χ1) is 17.3. The minimum atomic E-state index is -0.771. The molecule has 186 valence electrons. The number of rotatable bonds is 7. The summed E-state index contributed by atoms with van der Waals surface area (Å²) in [4.78, 5) is 29.4. The number of anilines is 1. The zero-order chi connectivity index (χ0) is 25.3. The van der Waals surface area contributed by atoms with Crippen molar-refractivity contribution < 1.29 is 14.0 Å². The Hall–Kier alpha value is -3.56. The van der Waals surface area contributed by atoms with E-state index in [-0.39, 0.29) is 17.6 Å². The number of hydrogen-bond donors (Lipinski definition) is 3. The third-order valence-electron chi connectivity index (χ3n) is 6.51. The van der Waals surface area contributed by atoms with Gasteiger partial charge in [0.25, 0.3) is 11.8 Å². The number of thiophene rings is 1. The van der Waals surface area contributed by atoms with Crippen molar-refractivity contribution in [1.82, 2.24) is 20.4 Å². The molecule has 3 heterocycles. The molecule has 1 fully saturated rings. The van der Waals surface area contributed by atoms with Crippen molar-refractivity contribution in [2.75, 3.05) is 18.4 Å². The quantitative estimate of drug-likeness (QED) is 0.319. The van der Waals surface area contributed by atoms with Crippen molar-refractivity contribution in [2.24, 2.45) is 0 Å². The standard InChI is InChI=1S/C27H28FN5O2S/c1-27(2,19-6-5-7-20(28)14-19)30-25(35)22-15-21-23(31-32-26(21)36-22)29-24(34)18-10-8-17(9-11-18)16-33-12-3-4-13-33/h5-11,14-15H,3-4,12-13,16H2,1-2H3,(H,30,35)(H2,29,31,32,34). The molecule has 1 aliphatic heterocycles. The topological polar surface area (TPSA) is 90.1 Å². The third-order valence-corrected chi connectivity index (χ3v) is 7.54. The zero-order valence-electron chi connectivity index (χ0n) is 20.2. The summed E-state index contributed by atoms with van der Waals surface area (Å²) in [5.74, 6) is -0.534. The maximum absolute atomic E-state index is 13.7. The average molecular weight is 506 g/mol. The molecule has 9 heteroatoms. The van der Waals surface area contributed by atoms with E-state index < -0.39 is 5.54 Å². The van der Waals surface area contributed by atoms with E-state index in [4.69, 9.17) is 0 Å². The molecule has 2 aromatic carbocycles. The van der Waals surface area contributed by atoms with Crippen LogP contribution in [-0.2, 0) is 12.1 Å². The van der Waals surface area contributed by atoms with Gasteiger partial charge in [0.1, 0.15) is 10.6 Å². The molecule has 0 aliphatic carbocycles. The monoisotopic (exact) mass is 505 g/mol. The van der Waals surface area contributed by atoms with Gasteiger partial charge in [-0.3, -0.25) is 19.6 Å². The van der Waals surface area contributed by atoms with Crippen LogP contribution in [0.25, 0.3) is 10.2 Å². The second-order valence-corrected chi connectivity index (χ2v) is 10.7. The van der Waals surface area contributed by atoms with Gasteiger partial charge in [0, 0.05) is 12.1 Å². The van der Waals surface area contributed by atoms with Crippen LogP contribution in [0.3, 0.4) is 0 Å². The lowest BCUT2D eigenvalue weighted by Crippen LogP contribution is -2.40. The summed E-state index contributed by atoms with van der Waals surface area (Å²) in [6.07, 6.45) is 2.49. The van der Waals surface area contributed by atoms with Crippen molar-refractivity contribution in [3.63, 3.8) is 0 Å². The van der Waals surface area contributed by atoms with E-state index in [2.05, 4.69) is 25.7 Å². The van der Waals surface area contributed by atoms with Crippen LogP contribution < -0.4 is 10.6 Å². The molecule has 4 aromatic rings. The molecule has 3 N–H and O–H groups in total. The first kappa shape index (κ1) is 24.1. The number of amides is 2. The second-order valence-electron chi connectivity index (χ2n) is 9.65. The molecule has 1 saturated heterocycles. The van der Waals surface area contributed by atoms with E-state index in [9.17, 15) is 14.0 Å². The van der Waals surface area contributed by atoms with Crippen LogP contribution >= 0.6 is 11.3 Å². The van der Waals surface area contributed by atoms with Gasteiger partial charge in [0.2, 0.25) is 0 Å². The van der Waals surface area contributed by atoms with Crippen LogP contribution in [0.1, 0.15) is 57.8 Å². The van der Waals surface area contributed by atoms with Crippen molar-refractivity contribution >= 4 is 39.2 Å². The summed E-state index contributed by atoms with van der Waals surface area (Å²) in [7, 11) is 0. The number of nitrogens with zero attached hydrogens (tertiary/aromatic N) is 2. The summed E-state index contributed by atoms with van der Waals surface area (Å²) in [6.45, 7) is 6.80. The Morgan fingerprint density at radius 1 is 1.08 bits per heavy atom. The molecular weight excluding hydrogens is 477 g/mol. The van der Waals surface area contributed by atoms with Gasteiger partial charge in [-0.2, -0.15) is 5.10 Å². The van der Waals surface area contributed by atoms with Crippen LogP contribution in [0.4, 0.5) is 10.2 Å². The Bertz CT molecular complexity index is 1400. The number of aromatic amines is 1. The minimum Gasteiger partial charge on any atom is -0.342 e. The maximum atomic E-state index is 13.7. The lowest BCUT2D eigenvalue weighted by atomic mass is 9.94. The molecule has 5 rings (SSSR count). The predicted molar refractivity (Wildman–Crippen MR) is 140 cm³/mol. The lowest BCUT2D eigenvalue weighted by Gasteiger charge is -2.26. The third kappa shape index (κ3) is 5.17. The first-order valence-electron chi connectivity index (χ1n) is 12.0. The van der Waals surface area contributed by atoms with Crippen molar-refractivity contribution in [3.8, 4) is 0 Å². The number of nitrogens with one attached hydrogen (secondary N) is 3. The first-order valence-corrected chi connectivity index (χ1v) is 12.8. The highest BCUT2D eigenvalue weighted by molar-refractivity contribution is 7.20. The molecule has 0 bridgehead atoms. The number of carbonyl (C=O) groups excluding carboxylic acids is 2. The van der Waals surface area contributed by atoms with Gasteiger partial charge >= 0.3 is 0 Å². The summed E-state index contributed by atoms with van der Waals surface area (Å²) in [6, 6.07) is 15.5. The van der Waals surface area contributed by atoms with Crippen molar-refractivity contribution in [1.29, 1.82) is 0 Å². The summed E-state index contributed by atoms with van der Waals surface area (Å²) >= 11 is 1.24. The Morgan fingerprint density at radius 2 is 1.83 bits per heavy atom. The Balaban J connectivity index is 1.26. The van der Waals surface area contributed by atoms with Crippen LogP contribution in [0.2, 0.25) is 0 Å². The zero-order valence-corrected chi connectivity index (χ0v) is 21.0. The highest BCUT2D eigenvalue weighted by Crippen LogP contribution is 2.30. The second kappa shape index (κ2) is 9.83. The highest BCUT2D eigenvalue weighted by Gasteiger charge is 2.26. The van der Waals surface area contributed by atoms with Gasteiger partial charge in [0.05, 0.1) is 15.8 Å². The predicted octanol–water partition coefficient (Wildman–Crippen LogP) is 5.28. The summed E-state index contributed by atoms with van der Waals surface area (Å²) in [5.41, 5.74) is 1.62. The Kier molecular flexibility index (Phi) is 6.59. The van der Waals surface area contributed by atoms with Crippen LogP contribution in [-0.4, -0.2) is 40.0 Å². The van der Waals surface area contributed by atoms with E-state index in [0.29, 0.717) is 32.0 Å². The van der Waals surface area contributed by atoms with E-state index in [1.807, 2.05) is 38.1 Å². The summed E-state index contributed by atoms with van der Waals surface area (Å²) < 4.78 is 13.7. The van der Waals surface area contributed by atoms with E-state index in [0.717, 1.165) is 19.6 Å². The fourth-order valence-electron chi connectivity index (χ4n) is 4.46. The molecule has 0 atom stereocenters. The largest absolute Gasteiger partial charge is 0.342 e. The Labute approximate surface area is 212 Å². The highest BCUT2D eigenvalue weighted by atomic mass is 32.1. The number of H-pyrrole nitrogens is 1. The van der Waals surface area contributed by atoms with E-state index in [1.54, 1.807) is 18.2 Å². The molecule has 1 aliphatic rings. The molecule has 36 heavy (non-hydrogen) atoms. The van der Waals surface area contributed by atoms with Gasteiger partial charge < -0.3 is 10.6 Å². The average Bonchev–Trinajstić information content (AvgIpc) is 3.58. The van der Waals surface area contributed by atoms with Crippen LogP contribution in [0.5, 0.6) is 0 Å². The lowest BCUT2D eigenvalue weighted by molar-refractivity contribution is 0.0915. The maximum Gasteiger partial charge on any atom is 0.262 e. The van der Waals surface area contributed by atoms with Gasteiger partial charge in [-0.15, -0.1) is 11.3 Å². The molecule has 0 spiro atoms. The Morgan fingerprint density at radius 3 is 2.56 bits per heavy atom. The van der Waals surface area contributed by atoms with E-state index >= 15 is 0 Å². The molecular formula is C27H28FN5O2S. The molecule has 0 saturated carbocycles. The van der Waals surface area contributed by atoms with Crippen molar-refractivity contribution in [2.45, 2.75) is 38.8 Å². The SMILES string of the molecule is CC(C)(NC(=O)c1cc2c(NC(=O)c3ccc(CN4CCCC4)cc3)n[nH]c2s1)c1cccc(F)c1. The van der Waals surface area contributed by atoms with E-state index in [1.165, 1.54) is 41.9 Å². The number of likely N-dealkylation sites (tertiary alicyclic amines) is 1. The van der Waals surface area contributed by atoms with Gasteiger partial charge in [-0.1, -0.05) is 24.3 Å².